The summed E-state index contributed by atoms with van der Waals surface area (Å²) in [4.78, 5) is 10.3. The Labute approximate surface area is 60.3 Å². The van der Waals surface area contributed by atoms with Crippen LogP contribution in [0.25, 0.3) is 0 Å². The van der Waals surface area contributed by atoms with Crippen LogP contribution in [0.4, 0.5) is 8.78 Å². The first kappa shape index (κ1) is 7.34. The molecule has 0 N–H and O–H groups in total. The molecule has 1 nitrogen and oxygen atoms in total. The second kappa shape index (κ2) is 2.46. The van der Waals surface area contributed by atoms with Gasteiger partial charge in [0.1, 0.15) is 10.7 Å². The summed E-state index contributed by atoms with van der Waals surface area (Å²) in [6, 6.07) is 0.710. The summed E-state index contributed by atoms with van der Waals surface area (Å²) in [5.74, 6) is -1.21. The molecule has 0 aliphatic rings. The lowest BCUT2D eigenvalue weighted by Crippen LogP contribution is -1.88. The number of halogens is 2. The summed E-state index contributed by atoms with van der Waals surface area (Å²) in [6.07, 6.45) is 0. The lowest BCUT2D eigenvalue weighted by molar-refractivity contribution is 0.101. The van der Waals surface area contributed by atoms with Crippen LogP contribution in [0.2, 0.25) is 0 Å². The van der Waals surface area contributed by atoms with Crippen molar-refractivity contribution in [2.45, 2.75) is 6.92 Å². The van der Waals surface area contributed by atoms with Crippen LogP contribution in [0.3, 0.4) is 0 Å². The second-order valence-electron chi connectivity index (χ2n) is 1.78. The van der Waals surface area contributed by atoms with Crippen LogP contribution in [-0.4, -0.2) is 5.78 Å². The Bertz CT molecular complexity index is 267. The highest BCUT2D eigenvalue weighted by molar-refractivity contribution is 7.12. The van der Waals surface area contributed by atoms with Crippen molar-refractivity contribution in [3.63, 3.8) is 0 Å². The fraction of sp³-hybridized carbons (Fsp3) is 0.167. The zero-order valence-electron chi connectivity index (χ0n) is 5.15. The van der Waals surface area contributed by atoms with Gasteiger partial charge in [-0.1, -0.05) is 11.3 Å². The van der Waals surface area contributed by atoms with E-state index in [2.05, 4.69) is 0 Å². The molecule has 0 aliphatic carbocycles. The first-order chi connectivity index (χ1) is 4.61. The van der Waals surface area contributed by atoms with Crippen molar-refractivity contribution < 1.29 is 13.6 Å². The molecule has 0 bridgehead atoms. The highest BCUT2D eigenvalue weighted by Gasteiger charge is 2.11. The van der Waals surface area contributed by atoms with E-state index in [9.17, 15) is 13.6 Å². The van der Waals surface area contributed by atoms with Gasteiger partial charge in [0.15, 0.2) is 10.9 Å². The Hall–Kier alpha value is -0.770. The van der Waals surface area contributed by atoms with E-state index in [1.165, 1.54) is 6.92 Å². The number of rotatable bonds is 1. The van der Waals surface area contributed by atoms with Gasteiger partial charge in [0.2, 0.25) is 0 Å². The molecule has 0 unspecified atom stereocenters. The summed E-state index contributed by atoms with van der Waals surface area (Å²) < 4.78 is 24.6. The summed E-state index contributed by atoms with van der Waals surface area (Å²) in [6.45, 7) is 1.20. The number of hydrogen-bond acceptors (Lipinski definition) is 2. The fourth-order valence-electron chi connectivity index (χ4n) is 0.581. The molecular weight excluding hydrogens is 158 g/mol. The van der Waals surface area contributed by atoms with Crippen molar-refractivity contribution in [3.05, 3.63) is 21.9 Å². The average Bonchev–Trinajstić information content (AvgIpc) is 2.10. The van der Waals surface area contributed by atoms with Gasteiger partial charge in [-0.05, 0) is 0 Å². The molecule has 0 spiro atoms. The summed E-state index contributed by atoms with van der Waals surface area (Å²) in [7, 11) is 0. The predicted molar refractivity (Wildman–Crippen MR) is 34.2 cm³/mol. The molecule has 0 saturated carbocycles. The molecule has 10 heavy (non-hydrogen) atoms. The maximum Gasteiger partial charge on any atom is 0.180 e. The fourth-order valence-corrected chi connectivity index (χ4v) is 1.24. The van der Waals surface area contributed by atoms with Gasteiger partial charge in [0, 0.05) is 13.0 Å². The highest BCUT2D eigenvalue weighted by atomic mass is 32.1. The zero-order valence-corrected chi connectivity index (χ0v) is 5.97. The smallest absolute Gasteiger partial charge is 0.180 e. The normalized spacial score (nSPS) is 9.90. The van der Waals surface area contributed by atoms with Crippen LogP contribution in [0.5, 0.6) is 0 Å². The zero-order chi connectivity index (χ0) is 7.72. The van der Waals surface area contributed by atoms with Gasteiger partial charge in [0.25, 0.3) is 0 Å². The molecule has 0 radical (unpaired) electrons. The third-order valence-electron chi connectivity index (χ3n) is 0.976. The van der Waals surface area contributed by atoms with Gasteiger partial charge in [-0.2, -0.15) is 4.39 Å². The number of carbonyl (C=O) groups excluding carboxylic acids is 1. The lowest BCUT2D eigenvalue weighted by atomic mass is 10.3. The number of carbonyl (C=O) groups is 1. The van der Waals surface area contributed by atoms with E-state index in [4.69, 9.17) is 0 Å². The minimum absolute atomic E-state index is 0.141. The van der Waals surface area contributed by atoms with Crippen molar-refractivity contribution >= 4 is 17.1 Å². The standard InChI is InChI=1S/C6H4F2OS/c1-3(9)6-4(7)2-5(8)10-6/h2H,1H3. The topological polar surface area (TPSA) is 17.1 Å². The number of hydrogen-bond donors (Lipinski definition) is 0. The maximum atomic E-state index is 12.4. The number of ketones is 1. The van der Waals surface area contributed by atoms with Gasteiger partial charge >= 0.3 is 0 Å². The summed E-state index contributed by atoms with van der Waals surface area (Å²) in [5.41, 5.74) is 0. The minimum atomic E-state index is -0.769. The van der Waals surface area contributed by atoms with Crippen LogP contribution in [-0.2, 0) is 0 Å². The first-order valence-corrected chi connectivity index (χ1v) is 3.38. The molecule has 1 rings (SSSR count). The van der Waals surface area contributed by atoms with Crippen molar-refractivity contribution in [2.24, 2.45) is 0 Å². The molecule has 0 amide bonds. The van der Waals surface area contributed by atoms with E-state index in [0.29, 0.717) is 17.4 Å². The molecule has 0 fully saturated rings. The third kappa shape index (κ3) is 1.21. The average molecular weight is 162 g/mol. The monoisotopic (exact) mass is 162 g/mol. The summed E-state index contributed by atoms with van der Waals surface area (Å²) >= 11 is 0.531. The molecule has 1 heterocycles. The van der Waals surface area contributed by atoms with Crippen LogP contribution in [0.1, 0.15) is 16.6 Å². The van der Waals surface area contributed by atoms with E-state index in [-0.39, 0.29) is 4.88 Å². The Morgan fingerprint density at radius 3 is 2.40 bits per heavy atom. The Morgan fingerprint density at radius 1 is 1.60 bits per heavy atom. The number of thiophene rings is 1. The van der Waals surface area contributed by atoms with E-state index in [1.807, 2.05) is 0 Å². The molecule has 0 atom stereocenters. The van der Waals surface area contributed by atoms with Crippen molar-refractivity contribution in [1.29, 1.82) is 0 Å². The molecule has 4 heteroatoms. The summed E-state index contributed by atoms with van der Waals surface area (Å²) in [5, 5.41) is -0.664. The van der Waals surface area contributed by atoms with E-state index in [1.54, 1.807) is 0 Å². The largest absolute Gasteiger partial charge is 0.293 e. The predicted octanol–water partition coefficient (Wildman–Crippen LogP) is 2.23. The minimum Gasteiger partial charge on any atom is -0.293 e. The first-order valence-electron chi connectivity index (χ1n) is 2.57. The molecule has 1 aromatic heterocycles. The third-order valence-corrected chi connectivity index (χ3v) is 1.98. The van der Waals surface area contributed by atoms with Gasteiger partial charge in [-0.3, -0.25) is 4.79 Å². The van der Waals surface area contributed by atoms with Gasteiger partial charge < -0.3 is 0 Å². The molecule has 54 valence electrons. The Kier molecular flexibility index (Phi) is 1.80. The molecule has 0 saturated heterocycles. The van der Waals surface area contributed by atoms with Crippen LogP contribution in [0, 0.1) is 10.9 Å². The van der Waals surface area contributed by atoms with Crippen molar-refractivity contribution in [3.8, 4) is 0 Å². The molecular formula is C6H4F2OS. The Balaban J connectivity index is 3.15. The van der Waals surface area contributed by atoms with Crippen molar-refractivity contribution in [2.75, 3.05) is 0 Å². The highest BCUT2D eigenvalue weighted by Crippen LogP contribution is 2.19. The lowest BCUT2D eigenvalue weighted by Gasteiger charge is -1.83. The molecule has 0 aliphatic heterocycles. The van der Waals surface area contributed by atoms with Crippen LogP contribution in [0.15, 0.2) is 6.07 Å². The SMILES string of the molecule is CC(=O)c1sc(F)cc1F. The van der Waals surface area contributed by atoms with E-state index < -0.39 is 16.7 Å². The number of Topliss-reactive ketones (excluding diaryl/α,β-unsaturated/α-hetero) is 1. The van der Waals surface area contributed by atoms with Gasteiger partial charge in [-0.15, -0.1) is 0 Å². The van der Waals surface area contributed by atoms with Crippen LogP contribution < -0.4 is 0 Å². The maximum absolute atomic E-state index is 12.4. The molecule has 1 aromatic rings. The quantitative estimate of drug-likeness (QED) is 0.579. The van der Waals surface area contributed by atoms with Crippen LogP contribution >= 0.6 is 11.3 Å². The second-order valence-corrected chi connectivity index (χ2v) is 2.79. The van der Waals surface area contributed by atoms with Gasteiger partial charge in [-0.25, -0.2) is 4.39 Å². The van der Waals surface area contributed by atoms with E-state index in [0.717, 1.165) is 0 Å². The van der Waals surface area contributed by atoms with E-state index >= 15 is 0 Å². The van der Waals surface area contributed by atoms with Gasteiger partial charge in [0.05, 0.1) is 0 Å². The van der Waals surface area contributed by atoms with Crippen molar-refractivity contribution in [1.82, 2.24) is 0 Å². The molecule has 0 aromatic carbocycles. The Morgan fingerprint density at radius 2 is 2.20 bits per heavy atom.